The molecule has 8 heteroatoms. The van der Waals surface area contributed by atoms with Gasteiger partial charge in [0, 0.05) is 9.58 Å². The largest absolute Gasteiger partial charge is 0.416 e. The van der Waals surface area contributed by atoms with E-state index in [-0.39, 0.29) is 19.6 Å². The lowest BCUT2D eigenvalue weighted by molar-refractivity contribution is -0.137. The van der Waals surface area contributed by atoms with Crippen LogP contribution in [-0.2, 0) is 26.2 Å². The summed E-state index contributed by atoms with van der Waals surface area (Å²) in [6, 6.07) is 14.7. The Morgan fingerprint density at radius 3 is 2.17 bits per heavy atom. The Morgan fingerprint density at radius 2 is 1.62 bits per heavy atom. The van der Waals surface area contributed by atoms with Gasteiger partial charge in [-0.3, -0.25) is 4.57 Å². The van der Waals surface area contributed by atoms with Crippen LogP contribution in [0.3, 0.4) is 0 Å². The Kier molecular flexibility index (Phi) is 6.84. The molecule has 1 aromatic heterocycles. The third-order valence-corrected chi connectivity index (χ3v) is 8.35. The van der Waals surface area contributed by atoms with E-state index in [9.17, 15) is 17.7 Å². The van der Waals surface area contributed by atoms with Crippen molar-refractivity contribution in [2.24, 2.45) is 0 Å². The van der Waals surface area contributed by atoms with Crippen LogP contribution >= 0.6 is 18.9 Å². The molecule has 1 atom stereocenters. The number of hydrogen-bond donors (Lipinski definition) is 0. The predicted octanol–water partition coefficient (Wildman–Crippen LogP) is 7.47. The van der Waals surface area contributed by atoms with E-state index in [2.05, 4.69) is 0 Å². The van der Waals surface area contributed by atoms with Gasteiger partial charge in [-0.05, 0) is 55.5 Å². The first-order chi connectivity index (χ1) is 13.8. The smallest absolute Gasteiger partial charge is 0.308 e. The molecule has 156 valence electrons. The highest BCUT2D eigenvalue weighted by Crippen LogP contribution is 2.63. The molecule has 0 saturated heterocycles. The highest BCUT2D eigenvalue weighted by molar-refractivity contribution is 7.54. The number of alkyl halides is 3. The van der Waals surface area contributed by atoms with Crippen LogP contribution in [0.2, 0.25) is 0 Å². The summed E-state index contributed by atoms with van der Waals surface area (Å²) in [7, 11) is -3.53. The number of hydrogen-bond acceptors (Lipinski definition) is 4. The Balaban J connectivity index is 2.01. The average Bonchev–Trinajstić information content (AvgIpc) is 3.09. The van der Waals surface area contributed by atoms with E-state index in [0.29, 0.717) is 5.56 Å². The second kappa shape index (κ2) is 9.00. The SMILES string of the molecule is CCOP(=O)(OCC)C(Cc1ccc(C(F)(F)F)cc1)c1cc2ccccc2s1. The molecule has 0 N–H and O–H groups in total. The van der Waals surface area contributed by atoms with Gasteiger partial charge in [0.15, 0.2) is 0 Å². The normalized spacial score (nSPS) is 13.7. The molecule has 3 nitrogen and oxygen atoms in total. The molecule has 0 aliphatic carbocycles. The van der Waals surface area contributed by atoms with E-state index < -0.39 is 25.0 Å². The van der Waals surface area contributed by atoms with Crippen LogP contribution < -0.4 is 0 Å². The zero-order valence-electron chi connectivity index (χ0n) is 16.1. The summed E-state index contributed by atoms with van der Waals surface area (Å²) in [5.41, 5.74) is -0.672. The van der Waals surface area contributed by atoms with Gasteiger partial charge in [0.2, 0.25) is 0 Å². The fraction of sp³-hybridized carbons (Fsp3) is 0.333. The van der Waals surface area contributed by atoms with E-state index in [1.54, 1.807) is 13.8 Å². The summed E-state index contributed by atoms with van der Waals surface area (Å²) in [5.74, 6) is 0. The zero-order chi connectivity index (χ0) is 21.1. The molecule has 1 heterocycles. The van der Waals surface area contributed by atoms with Crippen molar-refractivity contribution >= 4 is 29.0 Å². The van der Waals surface area contributed by atoms with Gasteiger partial charge in [-0.1, -0.05) is 30.3 Å². The number of benzene rings is 2. The maximum Gasteiger partial charge on any atom is 0.416 e. The molecule has 0 radical (unpaired) electrons. The summed E-state index contributed by atoms with van der Waals surface area (Å²) in [4.78, 5) is 0.830. The lowest BCUT2D eigenvalue weighted by Gasteiger charge is -2.26. The summed E-state index contributed by atoms with van der Waals surface area (Å²) >= 11 is 1.50. The highest BCUT2D eigenvalue weighted by Gasteiger charge is 2.38. The standard InChI is InChI=1S/C21H22F3O3PS/c1-3-26-28(25,27-4-2)18(20-14-16-7-5-6-8-19(16)29-20)13-15-9-11-17(12-10-15)21(22,23)24/h5-12,14,18H,3-4,13H2,1-2H3. The van der Waals surface area contributed by atoms with Crippen LogP contribution in [0, 0.1) is 0 Å². The number of fused-ring (bicyclic) bond motifs is 1. The number of halogens is 3. The molecular formula is C21H22F3O3PS. The van der Waals surface area contributed by atoms with Crippen molar-refractivity contribution in [2.75, 3.05) is 13.2 Å². The third-order valence-electron chi connectivity index (χ3n) is 4.48. The zero-order valence-corrected chi connectivity index (χ0v) is 17.8. The van der Waals surface area contributed by atoms with E-state index in [4.69, 9.17) is 9.05 Å². The maximum absolute atomic E-state index is 13.6. The number of rotatable bonds is 8. The predicted molar refractivity (Wildman–Crippen MR) is 111 cm³/mol. The van der Waals surface area contributed by atoms with E-state index in [0.717, 1.165) is 27.1 Å². The second-order valence-electron chi connectivity index (χ2n) is 6.48. The fourth-order valence-corrected chi connectivity index (χ4v) is 6.74. The van der Waals surface area contributed by atoms with Crippen LogP contribution in [0.15, 0.2) is 54.6 Å². The maximum atomic E-state index is 13.6. The Bertz CT molecular complexity index is 955. The topological polar surface area (TPSA) is 35.5 Å². The molecule has 0 spiro atoms. The summed E-state index contributed by atoms with van der Waals surface area (Å²) < 4.78 is 64.4. The molecule has 0 aliphatic heterocycles. The molecule has 0 saturated carbocycles. The van der Waals surface area contributed by atoms with Crippen LogP contribution in [0.1, 0.15) is 35.5 Å². The third kappa shape index (κ3) is 5.10. The van der Waals surface area contributed by atoms with Crippen molar-refractivity contribution in [1.29, 1.82) is 0 Å². The van der Waals surface area contributed by atoms with Gasteiger partial charge in [0.25, 0.3) is 0 Å². The van der Waals surface area contributed by atoms with E-state index in [1.807, 2.05) is 30.3 Å². The molecule has 0 aliphatic rings. The van der Waals surface area contributed by atoms with Crippen LogP contribution in [0.25, 0.3) is 10.1 Å². The molecule has 3 rings (SSSR count). The van der Waals surface area contributed by atoms with Crippen LogP contribution in [0.4, 0.5) is 13.2 Å². The highest BCUT2D eigenvalue weighted by atomic mass is 32.1. The molecule has 0 bridgehead atoms. The summed E-state index contributed by atoms with van der Waals surface area (Å²) in [6.45, 7) is 3.91. The van der Waals surface area contributed by atoms with Crippen molar-refractivity contribution in [1.82, 2.24) is 0 Å². The Morgan fingerprint density at radius 1 is 1.00 bits per heavy atom. The van der Waals surface area contributed by atoms with Crippen molar-refractivity contribution in [3.63, 3.8) is 0 Å². The minimum Gasteiger partial charge on any atom is -0.308 e. The van der Waals surface area contributed by atoms with Gasteiger partial charge in [-0.15, -0.1) is 11.3 Å². The Hall–Kier alpha value is -1.66. The molecule has 3 aromatic rings. The first-order valence-electron chi connectivity index (χ1n) is 9.30. The molecular weight excluding hydrogens is 420 g/mol. The van der Waals surface area contributed by atoms with Gasteiger partial charge >= 0.3 is 13.8 Å². The van der Waals surface area contributed by atoms with Gasteiger partial charge in [-0.25, -0.2) is 0 Å². The lowest BCUT2D eigenvalue weighted by Crippen LogP contribution is -2.09. The first-order valence-corrected chi connectivity index (χ1v) is 11.7. The molecule has 29 heavy (non-hydrogen) atoms. The van der Waals surface area contributed by atoms with Crippen molar-refractivity contribution < 1.29 is 26.8 Å². The van der Waals surface area contributed by atoms with Crippen molar-refractivity contribution in [3.8, 4) is 0 Å². The molecule has 0 amide bonds. The van der Waals surface area contributed by atoms with Gasteiger partial charge in [0.05, 0.1) is 24.4 Å². The van der Waals surface area contributed by atoms with E-state index >= 15 is 0 Å². The second-order valence-corrected chi connectivity index (χ2v) is 9.81. The molecule has 0 fully saturated rings. The quantitative estimate of drug-likeness (QED) is 0.340. The minimum absolute atomic E-state index is 0.214. The van der Waals surface area contributed by atoms with Gasteiger partial charge < -0.3 is 9.05 Å². The monoisotopic (exact) mass is 442 g/mol. The summed E-state index contributed by atoms with van der Waals surface area (Å²) in [5, 5.41) is 1.02. The molecule has 2 aromatic carbocycles. The minimum atomic E-state index is -4.39. The van der Waals surface area contributed by atoms with E-state index in [1.165, 1.54) is 23.5 Å². The van der Waals surface area contributed by atoms with Crippen molar-refractivity contribution in [2.45, 2.75) is 32.1 Å². The Labute approximate surface area is 172 Å². The summed E-state index contributed by atoms with van der Waals surface area (Å²) in [6.07, 6.45) is -4.14. The van der Waals surface area contributed by atoms with Crippen molar-refractivity contribution in [3.05, 3.63) is 70.6 Å². The fourth-order valence-electron chi connectivity index (χ4n) is 3.17. The lowest BCUT2D eigenvalue weighted by atomic mass is 10.1. The average molecular weight is 442 g/mol. The van der Waals surface area contributed by atoms with Gasteiger partial charge in [-0.2, -0.15) is 13.2 Å². The first kappa shape index (κ1) is 22.0. The number of thiophene rings is 1. The molecule has 1 unspecified atom stereocenters. The van der Waals surface area contributed by atoms with Crippen LogP contribution in [-0.4, -0.2) is 13.2 Å². The van der Waals surface area contributed by atoms with Gasteiger partial charge in [0.1, 0.15) is 0 Å². The van der Waals surface area contributed by atoms with Crippen LogP contribution in [0.5, 0.6) is 0 Å².